The lowest BCUT2D eigenvalue weighted by atomic mass is 10.1. The minimum absolute atomic E-state index is 0.0942. The standard InChI is InChI=1S/C25H27O7P/c1-20(26)32-24-14-13-21(17-25(24)28-2)15-16-29-33(27,30-18-22-9-5-3-6-10-22)31-19-23-11-7-4-8-12-23/h3-14,17H,15-16,18-19H2,1-2H3. The van der Waals surface area contributed by atoms with Crippen LogP contribution in [0.25, 0.3) is 0 Å². The highest BCUT2D eigenvalue weighted by molar-refractivity contribution is 7.48. The van der Waals surface area contributed by atoms with Gasteiger partial charge >= 0.3 is 13.8 Å². The van der Waals surface area contributed by atoms with Crippen molar-refractivity contribution in [2.24, 2.45) is 0 Å². The van der Waals surface area contributed by atoms with Gasteiger partial charge in [-0.25, -0.2) is 4.57 Å². The Bertz CT molecular complexity index is 1020. The second-order valence-corrected chi connectivity index (χ2v) is 8.80. The van der Waals surface area contributed by atoms with Crippen molar-refractivity contribution < 1.29 is 32.4 Å². The van der Waals surface area contributed by atoms with Gasteiger partial charge in [-0.05, 0) is 35.2 Å². The van der Waals surface area contributed by atoms with E-state index in [0.29, 0.717) is 17.9 Å². The van der Waals surface area contributed by atoms with Crippen LogP contribution in [0.5, 0.6) is 11.5 Å². The Labute approximate surface area is 193 Å². The summed E-state index contributed by atoms with van der Waals surface area (Å²) in [6.07, 6.45) is 0.421. The van der Waals surface area contributed by atoms with Gasteiger partial charge in [-0.3, -0.25) is 18.4 Å². The zero-order valence-electron chi connectivity index (χ0n) is 18.6. The normalized spacial score (nSPS) is 11.2. The summed E-state index contributed by atoms with van der Waals surface area (Å²) in [5.74, 6) is 0.320. The molecular weight excluding hydrogens is 443 g/mol. The van der Waals surface area contributed by atoms with Gasteiger partial charge in [0.25, 0.3) is 0 Å². The van der Waals surface area contributed by atoms with Crippen molar-refractivity contribution in [1.82, 2.24) is 0 Å². The molecule has 3 rings (SSSR count). The molecule has 0 spiro atoms. The molecule has 174 valence electrons. The Kier molecular flexibility index (Phi) is 9.22. The molecule has 0 bridgehead atoms. The number of methoxy groups -OCH3 is 1. The van der Waals surface area contributed by atoms with E-state index in [9.17, 15) is 9.36 Å². The van der Waals surface area contributed by atoms with Crippen molar-refractivity contribution in [3.63, 3.8) is 0 Å². The van der Waals surface area contributed by atoms with Gasteiger partial charge < -0.3 is 9.47 Å². The van der Waals surface area contributed by atoms with Crippen molar-refractivity contribution in [1.29, 1.82) is 0 Å². The first-order valence-electron chi connectivity index (χ1n) is 10.4. The first-order chi connectivity index (χ1) is 16.0. The van der Waals surface area contributed by atoms with Crippen LogP contribution in [0, 0.1) is 0 Å². The molecule has 0 N–H and O–H groups in total. The average molecular weight is 470 g/mol. The van der Waals surface area contributed by atoms with Gasteiger partial charge in [0, 0.05) is 6.92 Å². The maximum Gasteiger partial charge on any atom is 0.475 e. The zero-order valence-corrected chi connectivity index (χ0v) is 19.5. The van der Waals surface area contributed by atoms with Gasteiger partial charge in [0.2, 0.25) is 0 Å². The summed E-state index contributed by atoms with van der Waals surface area (Å²) in [5.41, 5.74) is 2.56. The quantitative estimate of drug-likeness (QED) is 0.190. The SMILES string of the molecule is COc1cc(CCOP(=O)(OCc2ccccc2)OCc2ccccc2)ccc1OC(C)=O. The smallest absolute Gasteiger partial charge is 0.475 e. The predicted molar refractivity (Wildman–Crippen MR) is 124 cm³/mol. The third kappa shape index (κ3) is 8.15. The summed E-state index contributed by atoms with van der Waals surface area (Å²) >= 11 is 0. The molecule has 0 fully saturated rings. The highest BCUT2D eigenvalue weighted by Gasteiger charge is 2.27. The molecule has 3 aromatic rings. The third-order valence-electron chi connectivity index (χ3n) is 4.59. The van der Waals surface area contributed by atoms with Crippen LogP contribution in [0.1, 0.15) is 23.6 Å². The maximum absolute atomic E-state index is 13.3. The van der Waals surface area contributed by atoms with Crippen molar-refractivity contribution >= 4 is 13.8 Å². The van der Waals surface area contributed by atoms with E-state index in [1.54, 1.807) is 18.2 Å². The summed E-state index contributed by atoms with van der Waals surface area (Å²) in [6, 6.07) is 24.0. The summed E-state index contributed by atoms with van der Waals surface area (Å²) in [6.45, 7) is 1.61. The molecule has 0 aliphatic carbocycles. The van der Waals surface area contributed by atoms with E-state index < -0.39 is 13.8 Å². The van der Waals surface area contributed by atoms with E-state index in [4.69, 9.17) is 23.0 Å². The number of benzene rings is 3. The molecule has 0 unspecified atom stereocenters. The zero-order chi connectivity index (χ0) is 23.5. The molecule has 0 aromatic heterocycles. The van der Waals surface area contributed by atoms with Gasteiger partial charge in [0.05, 0.1) is 26.9 Å². The first-order valence-corrected chi connectivity index (χ1v) is 11.9. The fraction of sp³-hybridized carbons (Fsp3) is 0.240. The molecule has 0 aliphatic rings. The van der Waals surface area contributed by atoms with E-state index in [2.05, 4.69) is 0 Å². The van der Waals surface area contributed by atoms with Crippen molar-refractivity contribution in [3.05, 3.63) is 95.6 Å². The van der Waals surface area contributed by atoms with E-state index in [-0.39, 0.29) is 19.8 Å². The van der Waals surface area contributed by atoms with Crippen LogP contribution in [0.2, 0.25) is 0 Å². The topological polar surface area (TPSA) is 80.3 Å². The van der Waals surface area contributed by atoms with Crippen molar-refractivity contribution in [2.75, 3.05) is 13.7 Å². The average Bonchev–Trinajstić information content (AvgIpc) is 2.83. The molecule has 0 amide bonds. The van der Waals surface area contributed by atoms with Gasteiger partial charge in [0.1, 0.15) is 0 Å². The Morgan fingerprint density at radius 1 is 0.758 bits per heavy atom. The predicted octanol–water partition coefficient (Wildman–Crippen LogP) is 5.72. The van der Waals surface area contributed by atoms with Crippen LogP contribution in [-0.4, -0.2) is 19.7 Å². The molecule has 8 heteroatoms. The molecule has 0 saturated carbocycles. The van der Waals surface area contributed by atoms with Crippen LogP contribution < -0.4 is 9.47 Å². The van der Waals surface area contributed by atoms with Gasteiger partial charge in [0.15, 0.2) is 11.5 Å². The minimum Gasteiger partial charge on any atom is -0.493 e. The number of rotatable bonds is 12. The molecule has 7 nitrogen and oxygen atoms in total. The molecule has 0 heterocycles. The number of esters is 1. The Morgan fingerprint density at radius 3 is 1.85 bits per heavy atom. The monoisotopic (exact) mass is 470 g/mol. The summed E-state index contributed by atoms with van der Waals surface area (Å²) in [4.78, 5) is 11.2. The fourth-order valence-electron chi connectivity index (χ4n) is 2.95. The molecule has 3 aromatic carbocycles. The molecule has 33 heavy (non-hydrogen) atoms. The summed E-state index contributed by atoms with van der Waals surface area (Å²) < 4.78 is 40.6. The molecule has 0 saturated heterocycles. The number of ether oxygens (including phenoxy) is 2. The number of carbonyl (C=O) groups is 1. The maximum atomic E-state index is 13.3. The number of phosphoric ester groups is 1. The third-order valence-corrected chi connectivity index (χ3v) is 5.98. The largest absolute Gasteiger partial charge is 0.493 e. The van der Waals surface area contributed by atoms with Crippen LogP contribution in [0.15, 0.2) is 78.9 Å². The number of hydrogen-bond acceptors (Lipinski definition) is 7. The molecule has 0 radical (unpaired) electrons. The highest BCUT2D eigenvalue weighted by atomic mass is 31.2. The Morgan fingerprint density at radius 2 is 1.33 bits per heavy atom. The van der Waals surface area contributed by atoms with Crippen LogP contribution >= 0.6 is 7.82 Å². The van der Waals surface area contributed by atoms with E-state index in [0.717, 1.165) is 16.7 Å². The van der Waals surface area contributed by atoms with Gasteiger partial charge in [-0.1, -0.05) is 66.7 Å². The van der Waals surface area contributed by atoms with Gasteiger partial charge in [-0.15, -0.1) is 0 Å². The lowest BCUT2D eigenvalue weighted by Gasteiger charge is -2.18. The molecular formula is C25H27O7P. The van der Waals surface area contributed by atoms with Crippen molar-refractivity contribution in [3.8, 4) is 11.5 Å². The highest BCUT2D eigenvalue weighted by Crippen LogP contribution is 2.51. The summed E-state index contributed by atoms with van der Waals surface area (Å²) in [7, 11) is -2.34. The second-order valence-electron chi connectivity index (χ2n) is 7.13. The van der Waals surface area contributed by atoms with E-state index in [1.807, 2.05) is 60.7 Å². The Hall–Kier alpha value is -2.96. The van der Waals surface area contributed by atoms with Crippen molar-refractivity contribution in [2.45, 2.75) is 26.6 Å². The minimum atomic E-state index is -3.83. The second kappa shape index (κ2) is 12.3. The van der Waals surface area contributed by atoms with Crippen LogP contribution in [0.3, 0.4) is 0 Å². The van der Waals surface area contributed by atoms with Crippen LogP contribution in [-0.2, 0) is 42.6 Å². The van der Waals surface area contributed by atoms with E-state index in [1.165, 1.54) is 14.0 Å². The lowest BCUT2D eigenvalue weighted by molar-refractivity contribution is -0.132. The molecule has 0 aliphatic heterocycles. The lowest BCUT2D eigenvalue weighted by Crippen LogP contribution is -2.05. The fourth-order valence-corrected chi connectivity index (χ4v) is 4.10. The Balaban J connectivity index is 1.63. The number of phosphoric acid groups is 1. The van der Waals surface area contributed by atoms with Gasteiger partial charge in [-0.2, -0.15) is 0 Å². The number of hydrogen-bond donors (Lipinski definition) is 0. The van der Waals surface area contributed by atoms with E-state index >= 15 is 0 Å². The summed E-state index contributed by atoms with van der Waals surface area (Å²) in [5, 5.41) is 0. The molecule has 0 atom stereocenters. The number of carbonyl (C=O) groups excluding carboxylic acids is 1. The first kappa shape index (κ1) is 24.7. The van der Waals surface area contributed by atoms with Crippen LogP contribution in [0.4, 0.5) is 0 Å².